The van der Waals surface area contributed by atoms with Gasteiger partial charge in [0, 0.05) is 0 Å². The highest BCUT2D eigenvalue weighted by atomic mass is 127. The van der Waals surface area contributed by atoms with Crippen LogP contribution >= 0.6 is 45.2 Å². The van der Waals surface area contributed by atoms with Crippen molar-refractivity contribution < 1.29 is 19.2 Å². The average Bonchev–Trinajstić information content (AvgIpc) is 2.83. The van der Waals surface area contributed by atoms with Crippen molar-refractivity contribution in [1.29, 1.82) is 5.26 Å². The van der Waals surface area contributed by atoms with E-state index >= 15 is 0 Å². The highest BCUT2D eigenvalue weighted by molar-refractivity contribution is 14.1. The quantitative estimate of drug-likeness (QED) is 0.0981. The monoisotopic (exact) mass is 695 g/mol. The zero-order valence-corrected chi connectivity index (χ0v) is 23.0. The highest BCUT2D eigenvalue weighted by Gasteiger charge is 2.19. The molecule has 0 saturated carbocycles. The summed E-state index contributed by atoms with van der Waals surface area (Å²) in [5.41, 5.74) is 2.27. The van der Waals surface area contributed by atoms with Crippen LogP contribution in [0.2, 0.25) is 0 Å². The Morgan fingerprint density at radius 3 is 2.37 bits per heavy atom. The van der Waals surface area contributed by atoms with Crippen LogP contribution < -0.4 is 14.8 Å². The zero-order chi connectivity index (χ0) is 25.5. The third kappa shape index (κ3) is 6.92. The summed E-state index contributed by atoms with van der Waals surface area (Å²) in [5, 5.41) is 23.4. The van der Waals surface area contributed by atoms with Crippen LogP contribution in [-0.4, -0.2) is 17.9 Å². The Labute approximate surface area is 229 Å². The van der Waals surface area contributed by atoms with Gasteiger partial charge in [0.15, 0.2) is 0 Å². The van der Waals surface area contributed by atoms with Gasteiger partial charge in [-0.1, -0.05) is 29.8 Å². The number of carbonyl (C=O) groups is 1. The largest absolute Gasteiger partial charge is 0.496 e. The lowest BCUT2D eigenvalue weighted by Gasteiger charge is -2.12. The lowest BCUT2D eigenvalue weighted by atomic mass is 10.1. The summed E-state index contributed by atoms with van der Waals surface area (Å²) in [6.07, 6.45) is 1.43. The molecule has 3 aromatic rings. The van der Waals surface area contributed by atoms with E-state index in [1.54, 1.807) is 12.1 Å². The number of nitriles is 1. The number of benzene rings is 3. The first-order valence-electron chi connectivity index (χ1n) is 10.1. The molecule has 0 aliphatic heterocycles. The van der Waals surface area contributed by atoms with Crippen LogP contribution in [0.1, 0.15) is 16.7 Å². The van der Waals surface area contributed by atoms with Gasteiger partial charge in [0.1, 0.15) is 35.4 Å². The molecule has 0 bridgehead atoms. The van der Waals surface area contributed by atoms with Crippen molar-refractivity contribution in [2.24, 2.45) is 0 Å². The molecule has 178 valence electrons. The number of nitro benzene ring substituents is 1. The van der Waals surface area contributed by atoms with E-state index in [2.05, 4.69) is 50.5 Å². The number of anilines is 1. The van der Waals surface area contributed by atoms with Crippen molar-refractivity contribution in [2.75, 3.05) is 12.4 Å². The molecule has 0 unspecified atom stereocenters. The van der Waals surface area contributed by atoms with Gasteiger partial charge in [0.2, 0.25) is 0 Å². The molecule has 0 atom stereocenters. The number of ether oxygens (including phenoxy) is 2. The van der Waals surface area contributed by atoms with E-state index in [1.807, 2.05) is 37.3 Å². The summed E-state index contributed by atoms with van der Waals surface area (Å²) in [6, 6.07) is 17.6. The standard InChI is InChI=1S/C25H19I2N3O5/c1-15-3-5-16(6-4-15)14-35-24-20(26)10-17(11-21(24)27)9-18(13-28)25(31)29-22-8-7-19(34-2)12-23(22)30(32)33/h3-12H,14H2,1-2H3,(H,29,31)/b18-9+. The smallest absolute Gasteiger partial charge is 0.296 e. The number of nitrogens with zero attached hydrogens (tertiary/aromatic N) is 2. The van der Waals surface area contributed by atoms with Gasteiger partial charge in [-0.2, -0.15) is 5.26 Å². The Balaban J connectivity index is 1.80. The number of nitrogens with one attached hydrogen (secondary N) is 1. The fraction of sp³-hybridized carbons (Fsp3) is 0.120. The Bertz CT molecular complexity index is 1330. The maximum atomic E-state index is 12.7. The molecule has 1 amide bonds. The third-order valence-corrected chi connectivity index (χ3v) is 6.45. The lowest BCUT2D eigenvalue weighted by molar-refractivity contribution is -0.384. The lowest BCUT2D eigenvalue weighted by Crippen LogP contribution is -2.14. The van der Waals surface area contributed by atoms with Crippen molar-refractivity contribution in [1.82, 2.24) is 0 Å². The molecule has 0 heterocycles. The van der Waals surface area contributed by atoms with Crippen molar-refractivity contribution in [3.63, 3.8) is 0 Å². The van der Waals surface area contributed by atoms with E-state index in [-0.39, 0.29) is 22.7 Å². The number of aryl methyl sites for hydroxylation is 1. The van der Waals surface area contributed by atoms with E-state index in [9.17, 15) is 20.2 Å². The topological polar surface area (TPSA) is 114 Å². The minimum absolute atomic E-state index is 0.0361. The molecule has 0 aliphatic rings. The predicted molar refractivity (Wildman–Crippen MR) is 149 cm³/mol. The van der Waals surface area contributed by atoms with Gasteiger partial charge < -0.3 is 14.8 Å². The minimum Gasteiger partial charge on any atom is -0.496 e. The van der Waals surface area contributed by atoms with Crippen molar-refractivity contribution in [3.05, 3.63) is 94.1 Å². The SMILES string of the molecule is COc1ccc(NC(=O)/C(C#N)=C/c2cc(I)c(OCc3ccc(C)cc3)c(I)c2)c([N+](=O)[O-])c1. The molecule has 10 heteroatoms. The fourth-order valence-corrected chi connectivity index (χ4v) is 5.17. The van der Waals surface area contributed by atoms with Crippen LogP contribution in [0.4, 0.5) is 11.4 Å². The van der Waals surface area contributed by atoms with E-state index in [0.29, 0.717) is 17.9 Å². The number of hydrogen-bond acceptors (Lipinski definition) is 6. The molecular formula is C25H19I2N3O5. The van der Waals surface area contributed by atoms with E-state index < -0.39 is 10.8 Å². The van der Waals surface area contributed by atoms with Gasteiger partial charge in [-0.05, 0) is 93.6 Å². The maximum Gasteiger partial charge on any atom is 0.296 e. The van der Waals surface area contributed by atoms with Crippen molar-refractivity contribution in [3.8, 4) is 17.6 Å². The Morgan fingerprint density at radius 1 is 1.14 bits per heavy atom. The average molecular weight is 695 g/mol. The Hall–Kier alpha value is -3.18. The highest BCUT2D eigenvalue weighted by Crippen LogP contribution is 2.32. The molecule has 0 fully saturated rings. The first-order chi connectivity index (χ1) is 16.7. The Kier molecular flexibility index (Phi) is 9.05. The summed E-state index contributed by atoms with van der Waals surface area (Å²) in [7, 11) is 1.38. The molecule has 0 spiro atoms. The second-order valence-corrected chi connectivity index (χ2v) is 9.68. The molecule has 0 radical (unpaired) electrons. The number of carbonyl (C=O) groups excluding carboxylic acids is 1. The zero-order valence-electron chi connectivity index (χ0n) is 18.7. The summed E-state index contributed by atoms with van der Waals surface area (Å²) in [6.45, 7) is 2.44. The number of hydrogen-bond donors (Lipinski definition) is 1. The molecule has 1 N–H and O–H groups in total. The van der Waals surface area contributed by atoms with Crippen LogP contribution in [-0.2, 0) is 11.4 Å². The van der Waals surface area contributed by atoms with Crippen LogP contribution in [0.5, 0.6) is 11.5 Å². The molecule has 3 rings (SSSR count). The van der Waals surface area contributed by atoms with Crippen LogP contribution in [0, 0.1) is 35.5 Å². The van der Waals surface area contributed by atoms with Gasteiger partial charge in [-0.25, -0.2) is 0 Å². The van der Waals surface area contributed by atoms with Gasteiger partial charge in [0.25, 0.3) is 11.6 Å². The summed E-state index contributed by atoms with van der Waals surface area (Å²) in [5.74, 6) is 0.228. The fourth-order valence-electron chi connectivity index (χ4n) is 3.04. The molecule has 8 nitrogen and oxygen atoms in total. The number of halogens is 2. The Morgan fingerprint density at radius 2 is 1.80 bits per heavy atom. The van der Waals surface area contributed by atoms with Crippen LogP contribution in [0.3, 0.4) is 0 Å². The van der Waals surface area contributed by atoms with Gasteiger partial charge in [0.05, 0.1) is 25.2 Å². The predicted octanol–water partition coefficient (Wildman–Crippen LogP) is 6.25. The first-order valence-corrected chi connectivity index (χ1v) is 12.3. The molecular weight excluding hydrogens is 676 g/mol. The van der Waals surface area contributed by atoms with Crippen molar-refractivity contribution >= 4 is 68.5 Å². The molecule has 0 aliphatic carbocycles. The minimum atomic E-state index is -0.759. The second-order valence-electron chi connectivity index (χ2n) is 7.35. The van der Waals surface area contributed by atoms with Gasteiger partial charge in [-0.15, -0.1) is 0 Å². The normalized spacial score (nSPS) is 10.9. The van der Waals surface area contributed by atoms with E-state index in [4.69, 9.17) is 9.47 Å². The number of rotatable bonds is 8. The summed E-state index contributed by atoms with van der Waals surface area (Å²) in [4.78, 5) is 23.5. The van der Waals surface area contributed by atoms with Gasteiger partial charge >= 0.3 is 0 Å². The molecule has 0 saturated heterocycles. The van der Waals surface area contributed by atoms with E-state index in [1.165, 1.54) is 36.9 Å². The number of methoxy groups -OCH3 is 1. The third-order valence-electron chi connectivity index (χ3n) is 4.85. The maximum absolute atomic E-state index is 12.7. The van der Waals surface area contributed by atoms with E-state index in [0.717, 1.165) is 12.7 Å². The van der Waals surface area contributed by atoms with Gasteiger partial charge in [-0.3, -0.25) is 14.9 Å². The number of nitro groups is 1. The summed E-state index contributed by atoms with van der Waals surface area (Å²) >= 11 is 4.29. The number of amides is 1. The van der Waals surface area contributed by atoms with Crippen LogP contribution in [0.25, 0.3) is 6.08 Å². The summed E-state index contributed by atoms with van der Waals surface area (Å²) < 4.78 is 12.6. The van der Waals surface area contributed by atoms with Crippen LogP contribution in [0.15, 0.2) is 60.2 Å². The molecule has 35 heavy (non-hydrogen) atoms. The van der Waals surface area contributed by atoms with Crippen molar-refractivity contribution in [2.45, 2.75) is 13.5 Å². The first kappa shape index (κ1) is 26.4. The molecule has 0 aromatic heterocycles. The molecule has 3 aromatic carbocycles. The second kappa shape index (κ2) is 12.0.